The van der Waals surface area contributed by atoms with E-state index in [0.29, 0.717) is 11.3 Å². The van der Waals surface area contributed by atoms with E-state index in [1.807, 2.05) is 0 Å². The molecule has 1 aromatic heterocycles. The van der Waals surface area contributed by atoms with Gasteiger partial charge in [0.05, 0.1) is 13.7 Å². The number of nitrogen functional groups attached to an aromatic ring is 1. The number of aliphatic hydroxyl groups excluding tert-OH is 1. The molecule has 0 aliphatic rings. The van der Waals surface area contributed by atoms with Crippen LogP contribution in [0.4, 0.5) is 20.8 Å². The summed E-state index contributed by atoms with van der Waals surface area (Å²) in [5.74, 6) is -1.32. The molecule has 0 saturated carbocycles. The van der Waals surface area contributed by atoms with Gasteiger partial charge >= 0.3 is 6.03 Å². The first-order chi connectivity index (χ1) is 17.3. The predicted octanol–water partition coefficient (Wildman–Crippen LogP) is 2.23. The number of hydrogen-bond acceptors (Lipinski definition) is 9. The molecule has 3 rings (SSSR count). The maximum absolute atomic E-state index is 15.5. The van der Waals surface area contributed by atoms with Gasteiger partial charge in [-0.15, -0.1) is 0 Å². The first-order valence-electron chi connectivity index (χ1n) is 10.6. The molecule has 0 bridgehead atoms. The second-order valence-corrected chi connectivity index (χ2v) is 7.23. The molecule has 0 radical (unpaired) electrons. The molecule has 3 aromatic rings. The van der Waals surface area contributed by atoms with Gasteiger partial charge in [0.25, 0.3) is 0 Å². The number of benzene rings is 2. The Hall–Kier alpha value is -4.78. The number of halogens is 1. The molecule has 1 atom stereocenters. The number of carbonyl (C=O) groups excluding carboxylic acids is 1. The van der Waals surface area contributed by atoms with E-state index in [9.17, 15) is 4.79 Å². The standard InChI is InChI=1S/C23H25FN8O4/c1-35-15-11-16(18(24)17(12-15)36-10-9-33)19(30-14-5-3-13(4-6-14)20(25)26)21(27)31-23(34)32-22-28-7-2-8-29-22/h2-8,11-12,19,30,33H,9-10H2,1H3,(H3,25,26)(H3,27,28,29,31,32,34)/t19-/m1/s1. The first kappa shape index (κ1) is 25.8. The minimum Gasteiger partial charge on any atom is -0.497 e. The normalized spacial score (nSPS) is 11.2. The van der Waals surface area contributed by atoms with Crippen molar-refractivity contribution in [2.24, 2.45) is 5.73 Å². The van der Waals surface area contributed by atoms with Gasteiger partial charge in [-0.25, -0.2) is 19.2 Å². The second-order valence-electron chi connectivity index (χ2n) is 7.23. The number of nitrogens with two attached hydrogens (primary N) is 1. The average Bonchev–Trinajstić information content (AvgIpc) is 2.87. The van der Waals surface area contributed by atoms with Crippen LogP contribution in [0.1, 0.15) is 17.2 Å². The molecule has 2 aromatic carbocycles. The highest BCUT2D eigenvalue weighted by atomic mass is 19.1. The monoisotopic (exact) mass is 496 g/mol. The molecular weight excluding hydrogens is 471 g/mol. The smallest absolute Gasteiger partial charge is 0.327 e. The SMILES string of the molecule is COc1cc(OCCO)c(F)c([C@@H](Nc2ccc(C(=N)N)cc2)C(=N)NC(=O)Nc2ncccn2)c1. The van der Waals surface area contributed by atoms with Gasteiger partial charge in [-0.05, 0) is 36.4 Å². The number of nitrogens with one attached hydrogen (secondary N) is 5. The number of hydrogen-bond donors (Lipinski definition) is 7. The van der Waals surface area contributed by atoms with Crippen molar-refractivity contribution in [2.75, 3.05) is 31.0 Å². The number of aliphatic hydroxyl groups is 1. The summed E-state index contributed by atoms with van der Waals surface area (Å²) in [5, 5.41) is 32.9. The first-order valence-corrected chi connectivity index (χ1v) is 10.6. The maximum Gasteiger partial charge on any atom is 0.327 e. The Morgan fingerprint density at radius 2 is 1.89 bits per heavy atom. The van der Waals surface area contributed by atoms with Crippen LogP contribution in [0.15, 0.2) is 54.9 Å². The van der Waals surface area contributed by atoms with Crippen LogP contribution in [0.25, 0.3) is 0 Å². The molecule has 0 aliphatic carbocycles. The summed E-state index contributed by atoms with van der Waals surface area (Å²) in [7, 11) is 1.38. The molecule has 0 aliphatic heterocycles. The zero-order valence-corrected chi connectivity index (χ0v) is 19.2. The number of aromatic nitrogens is 2. The Kier molecular flexibility index (Phi) is 8.67. The van der Waals surface area contributed by atoms with Crippen molar-refractivity contribution in [1.29, 1.82) is 10.8 Å². The van der Waals surface area contributed by atoms with Crippen LogP contribution in [0, 0.1) is 16.6 Å². The summed E-state index contributed by atoms with van der Waals surface area (Å²) in [6.07, 6.45) is 2.87. The zero-order valence-electron chi connectivity index (χ0n) is 19.2. The average molecular weight is 497 g/mol. The summed E-state index contributed by atoms with van der Waals surface area (Å²) in [4.78, 5) is 20.2. The number of amides is 2. The van der Waals surface area contributed by atoms with Crippen molar-refractivity contribution < 1.29 is 23.8 Å². The number of methoxy groups -OCH3 is 1. The van der Waals surface area contributed by atoms with Gasteiger partial charge in [0.15, 0.2) is 11.6 Å². The lowest BCUT2D eigenvalue weighted by molar-refractivity contribution is 0.195. The fraction of sp³-hybridized carbons (Fsp3) is 0.174. The molecule has 12 nitrogen and oxygen atoms in total. The maximum atomic E-state index is 15.5. The molecule has 0 fully saturated rings. The quantitative estimate of drug-likeness (QED) is 0.164. The van der Waals surface area contributed by atoms with E-state index >= 15 is 4.39 Å². The number of amidine groups is 2. The van der Waals surface area contributed by atoms with Crippen molar-refractivity contribution in [2.45, 2.75) is 6.04 Å². The molecule has 0 saturated heterocycles. The summed E-state index contributed by atoms with van der Waals surface area (Å²) < 4.78 is 26.0. The summed E-state index contributed by atoms with van der Waals surface area (Å²) in [5.41, 5.74) is 6.35. The van der Waals surface area contributed by atoms with Crippen molar-refractivity contribution >= 4 is 29.3 Å². The Morgan fingerprint density at radius 1 is 1.19 bits per heavy atom. The van der Waals surface area contributed by atoms with Gasteiger partial charge in [0, 0.05) is 35.3 Å². The van der Waals surface area contributed by atoms with Gasteiger partial charge in [-0.2, -0.15) is 0 Å². The number of rotatable bonds is 10. The minimum absolute atomic E-state index is 0.0133. The van der Waals surface area contributed by atoms with Crippen molar-refractivity contribution in [3.63, 3.8) is 0 Å². The third-order valence-electron chi connectivity index (χ3n) is 4.77. The Bertz CT molecular complexity index is 1220. The van der Waals surface area contributed by atoms with Crippen LogP contribution in [-0.2, 0) is 0 Å². The Balaban J connectivity index is 1.95. The van der Waals surface area contributed by atoms with Crippen LogP contribution in [0.5, 0.6) is 11.5 Å². The lowest BCUT2D eigenvalue weighted by Gasteiger charge is -2.24. The van der Waals surface area contributed by atoms with E-state index in [1.54, 1.807) is 30.3 Å². The largest absolute Gasteiger partial charge is 0.497 e. The minimum atomic E-state index is -1.22. The number of anilines is 2. The molecule has 8 N–H and O–H groups in total. The van der Waals surface area contributed by atoms with Gasteiger partial charge in [-0.3, -0.25) is 21.5 Å². The van der Waals surface area contributed by atoms with Crippen LogP contribution in [0.2, 0.25) is 0 Å². The Morgan fingerprint density at radius 3 is 2.50 bits per heavy atom. The van der Waals surface area contributed by atoms with Crippen LogP contribution in [-0.4, -0.2) is 53.1 Å². The molecule has 0 unspecified atom stereocenters. The number of urea groups is 1. The topological polar surface area (TPSA) is 191 Å². The lowest BCUT2D eigenvalue weighted by Crippen LogP contribution is -2.40. The van der Waals surface area contributed by atoms with E-state index in [2.05, 4.69) is 25.9 Å². The highest BCUT2D eigenvalue weighted by molar-refractivity contribution is 6.04. The van der Waals surface area contributed by atoms with E-state index in [0.717, 1.165) is 0 Å². The fourth-order valence-electron chi connectivity index (χ4n) is 3.09. The van der Waals surface area contributed by atoms with Gasteiger partial charge in [0.1, 0.15) is 30.1 Å². The van der Waals surface area contributed by atoms with Crippen LogP contribution in [0.3, 0.4) is 0 Å². The van der Waals surface area contributed by atoms with Gasteiger partial charge < -0.3 is 25.6 Å². The number of ether oxygens (including phenoxy) is 2. The molecule has 1 heterocycles. The van der Waals surface area contributed by atoms with Crippen molar-refractivity contribution in [1.82, 2.24) is 15.3 Å². The summed E-state index contributed by atoms with van der Waals surface area (Å²) in [6, 6.07) is 8.55. The second kappa shape index (κ2) is 12.1. The van der Waals surface area contributed by atoms with Crippen molar-refractivity contribution in [3.8, 4) is 11.5 Å². The van der Waals surface area contributed by atoms with Crippen molar-refractivity contribution in [3.05, 3.63) is 71.8 Å². The fourth-order valence-corrected chi connectivity index (χ4v) is 3.09. The molecular formula is C23H25FN8O4. The summed E-state index contributed by atoms with van der Waals surface area (Å²) in [6.45, 7) is -0.501. The van der Waals surface area contributed by atoms with Gasteiger partial charge in [0.2, 0.25) is 5.95 Å². The summed E-state index contributed by atoms with van der Waals surface area (Å²) >= 11 is 0. The number of carbonyl (C=O) groups is 1. The zero-order chi connectivity index (χ0) is 26.1. The molecule has 36 heavy (non-hydrogen) atoms. The highest BCUT2D eigenvalue weighted by Crippen LogP contribution is 2.33. The molecule has 2 amide bonds. The van der Waals surface area contributed by atoms with Gasteiger partial charge in [-0.1, -0.05) is 0 Å². The van der Waals surface area contributed by atoms with E-state index < -0.39 is 23.7 Å². The van der Waals surface area contributed by atoms with Crippen LogP contribution >= 0.6 is 0 Å². The molecule has 0 spiro atoms. The van der Waals surface area contributed by atoms with Crippen LogP contribution < -0.4 is 31.2 Å². The van der Waals surface area contributed by atoms with E-state index in [4.69, 9.17) is 31.1 Å². The molecule has 13 heteroatoms. The van der Waals surface area contributed by atoms with E-state index in [-0.39, 0.29) is 42.1 Å². The Labute approximate surface area is 205 Å². The predicted molar refractivity (Wildman–Crippen MR) is 131 cm³/mol. The highest BCUT2D eigenvalue weighted by Gasteiger charge is 2.26. The third kappa shape index (κ3) is 6.64. The third-order valence-corrected chi connectivity index (χ3v) is 4.77. The number of nitrogens with zero attached hydrogens (tertiary/aromatic N) is 2. The lowest BCUT2D eigenvalue weighted by atomic mass is 10.0. The van der Waals surface area contributed by atoms with E-state index in [1.165, 1.54) is 31.6 Å². The molecule has 188 valence electrons.